The summed E-state index contributed by atoms with van der Waals surface area (Å²) in [5.41, 5.74) is 2.40. The van der Waals surface area contributed by atoms with Gasteiger partial charge in [0.15, 0.2) is 0 Å². The minimum absolute atomic E-state index is 0.0776. The lowest BCUT2D eigenvalue weighted by atomic mass is 9.97. The highest BCUT2D eigenvalue weighted by Crippen LogP contribution is 2.21. The van der Waals surface area contributed by atoms with Gasteiger partial charge in [0, 0.05) is 25.1 Å². The van der Waals surface area contributed by atoms with Gasteiger partial charge in [0.1, 0.15) is 5.82 Å². The van der Waals surface area contributed by atoms with Gasteiger partial charge >= 0.3 is 0 Å². The average Bonchev–Trinajstić information content (AvgIpc) is 3.08. The van der Waals surface area contributed by atoms with Gasteiger partial charge in [-0.05, 0) is 30.4 Å². The predicted octanol–water partition coefficient (Wildman–Crippen LogP) is 2.10. The number of aryl methyl sites for hydroxylation is 1. The van der Waals surface area contributed by atoms with E-state index in [1.807, 2.05) is 0 Å². The summed E-state index contributed by atoms with van der Waals surface area (Å²) < 4.78 is 26.4. The van der Waals surface area contributed by atoms with Gasteiger partial charge < -0.3 is 5.32 Å². The second-order valence-electron chi connectivity index (χ2n) is 6.97. The van der Waals surface area contributed by atoms with Crippen LogP contribution in [0.25, 0.3) is 0 Å². The third kappa shape index (κ3) is 4.95. The zero-order chi connectivity index (χ0) is 19.4. The zero-order valence-electron chi connectivity index (χ0n) is 15.8. The van der Waals surface area contributed by atoms with Crippen molar-refractivity contribution in [3.8, 4) is 0 Å². The second-order valence-corrected chi connectivity index (χ2v) is 8.95. The molecule has 27 heavy (non-hydrogen) atoms. The molecule has 0 saturated carbocycles. The lowest BCUT2D eigenvalue weighted by Crippen LogP contribution is -2.41. The van der Waals surface area contributed by atoms with Crippen LogP contribution in [-0.2, 0) is 27.8 Å². The number of aromatic nitrogens is 2. The average molecular weight is 391 g/mol. The number of nitrogens with zero attached hydrogens (tertiary/aromatic N) is 3. The molecule has 146 valence electrons. The van der Waals surface area contributed by atoms with Gasteiger partial charge in [0.25, 0.3) is 0 Å². The molecule has 1 aromatic heterocycles. The summed E-state index contributed by atoms with van der Waals surface area (Å²) in [5.74, 6) is 0.395. The lowest BCUT2D eigenvalue weighted by molar-refractivity contribution is -0.121. The fourth-order valence-corrected chi connectivity index (χ4v) is 4.17. The Labute approximate surface area is 160 Å². The highest BCUT2D eigenvalue weighted by molar-refractivity contribution is 7.88. The molecule has 0 unspecified atom stereocenters. The van der Waals surface area contributed by atoms with Crippen molar-refractivity contribution in [1.29, 1.82) is 0 Å². The monoisotopic (exact) mass is 390 g/mol. The first kappa shape index (κ1) is 19.6. The van der Waals surface area contributed by atoms with Crippen LogP contribution in [0, 0.1) is 5.92 Å². The first-order chi connectivity index (χ1) is 12.9. The molecule has 0 spiro atoms. The molecule has 1 saturated heterocycles. The van der Waals surface area contributed by atoms with Crippen LogP contribution in [0.3, 0.4) is 0 Å². The van der Waals surface area contributed by atoms with E-state index in [4.69, 9.17) is 0 Å². The number of rotatable bonds is 6. The van der Waals surface area contributed by atoms with Crippen molar-refractivity contribution < 1.29 is 13.2 Å². The first-order valence-electron chi connectivity index (χ1n) is 9.22. The summed E-state index contributed by atoms with van der Waals surface area (Å²) in [6, 6.07) is 10.1. The number of benzene rings is 1. The van der Waals surface area contributed by atoms with E-state index >= 15 is 0 Å². The van der Waals surface area contributed by atoms with Crippen LogP contribution in [0.15, 0.2) is 36.5 Å². The minimum Gasteiger partial charge on any atom is -0.311 e. The van der Waals surface area contributed by atoms with Crippen LogP contribution in [0.4, 0.5) is 5.82 Å². The number of hydrogen-bond acceptors (Lipinski definition) is 4. The smallest absolute Gasteiger partial charge is 0.228 e. The molecule has 0 atom stereocenters. The molecular formula is C19H26N4O3S. The van der Waals surface area contributed by atoms with Gasteiger partial charge in [0.2, 0.25) is 15.9 Å². The number of nitrogens with one attached hydrogen (secondary N) is 1. The lowest BCUT2D eigenvalue weighted by Gasteiger charge is -2.29. The van der Waals surface area contributed by atoms with Crippen LogP contribution in [-0.4, -0.2) is 47.8 Å². The summed E-state index contributed by atoms with van der Waals surface area (Å²) >= 11 is 0. The molecule has 8 heteroatoms. The minimum atomic E-state index is -3.18. The van der Waals surface area contributed by atoms with E-state index < -0.39 is 10.0 Å². The normalized spacial score (nSPS) is 16.4. The Kier molecular flexibility index (Phi) is 5.96. The standard InChI is InChI=1S/C19H26N4O3S/c1-3-15-4-6-16(7-5-15)14-23-18(8-11-20-23)21-19(24)17-9-12-22(13-10-17)27(2,25)26/h4-8,11,17H,3,9-10,12-14H2,1-2H3,(H,21,24). The highest BCUT2D eigenvalue weighted by atomic mass is 32.2. The third-order valence-electron chi connectivity index (χ3n) is 5.03. The van der Waals surface area contributed by atoms with Gasteiger partial charge in [-0.2, -0.15) is 5.10 Å². The van der Waals surface area contributed by atoms with E-state index in [2.05, 4.69) is 41.6 Å². The molecule has 1 aliphatic rings. The van der Waals surface area contributed by atoms with E-state index in [0.29, 0.717) is 38.3 Å². The number of carbonyl (C=O) groups excluding carboxylic acids is 1. The fraction of sp³-hybridized carbons (Fsp3) is 0.474. The number of sulfonamides is 1. The van der Waals surface area contributed by atoms with Crippen molar-refractivity contribution in [3.63, 3.8) is 0 Å². The fourth-order valence-electron chi connectivity index (χ4n) is 3.30. The quantitative estimate of drug-likeness (QED) is 0.819. The summed E-state index contributed by atoms with van der Waals surface area (Å²) in [6.07, 6.45) is 4.94. The molecular weight excluding hydrogens is 364 g/mol. The maximum Gasteiger partial charge on any atom is 0.228 e. The van der Waals surface area contributed by atoms with Crippen molar-refractivity contribution in [2.75, 3.05) is 24.7 Å². The van der Waals surface area contributed by atoms with E-state index in [0.717, 1.165) is 12.0 Å². The molecule has 0 aliphatic carbocycles. The number of hydrogen-bond donors (Lipinski definition) is 1. The van der Waals surface area contributed by atoms with Gasteiger partial charge in [0.05, 0.1) is 19.0 Å². The Morgan fingerprint density at radius 1 is 1.15 bits per heavy atom. The van der Waals surface area contributed by atoms with Gasteiger partial charge in [-0.3, -0.25) is 4.79 Å². The van der Waals surface area contributed by atoms with Crippen LogP contribution in [0.1, 0.15) is 30.9 Å². The van der Waals surface area contributed by atoms with Crippen LogP contribution >= 0.6 is 0 Å². The number of carbonyl (C=O) groups is 1. The molecule has 0 bridgehead atoms. The Morgan fingerprint density at radius 2 is 1.78 bits per heavy atom. The second kappa shape index (κ2) is 8.22. The van der Waals surface area contributed by atoms with Crippen molar-refractivity contribution in [3.05, 3.63) is 47.7 Å². The number of amides is 1. The van der Waals surface area contributed by atoms with Gasteiger partial charge in [-0.15, -0.1) is 0 Å². The van der Waals surface area contributed by atoms with Crippen molar-refractivity contribution in [2.45, 2.75) is 32.7 Å². The zero-order valence-corrected chi connectivity index (χ0v) is 16.6. The maximum absolute atomic E-state index is 12.6. The molecule has 2 aromatic rings. The van der Waals surface area contributed by atoms with Crippen molar-refractivity contribution in [2.24, 2.45) is 5.92 Å². The van der Waals surface area contributed by atoms with E-state index in [1.165, 1.54) is 16.1 Å². The van der Waals surface area contributed by atoms with Gasteiger partial charge in [-0.25, -0.2) is 17.4 Å². The van der Waals surface area contributed by atoms with Crippen molar-refractivity contribution >= 4 is 21.7 Å². The van der Waals surface area contributed by atoms with E-state index in [1.54, 1.807) is 16.9 Å². The van der Waals surface area contributed by atoms with Crippen LogP contribution in [0.5, 0.6) is 0 Å². The molecule has 1 aliphatic heterocycles. The topological polar surface area (TPSA) is 84.3 Å². The van der Waals surface area contributed by atoms with Crippen molar-refractivity contribution in [1.82, 2.24) is 14.1 Å². The molecule has 7 nitrogen and oxygen atoms in total. The highest BCUT2D eigenvalue weighted by Gasteiger charge is 2.29. The Bertz CT molecular complexity index is 882. The predicted molar refractivity (Wildman–Crippen MR) is 105 cm³/mol. The number of piperidine rings is 1. The molecule has 2 heterocycles. The van der Waals surface area contributed by atoms with E-state index in [9.17, 15) is 13.2 Å². The molecule has 3 rings (SSSR count). The van der Waals surface area contributed by atoms with Crippen LogP contribution in [0.2, 0.25) is 0 Å². The molecule has 1 N–H and O–H groups in total. The molecule has 0 radical (unpaired) electrons. The summed E-state index contributed by atoms with van der Waals surface area (Å²) in [7, 11) is -3.18. The first-order valence-corrected chi connectivity index (χ1v) is 11.1. The summed E-state index contributed by atoms with van der Waals surface area (Å²) in [6.45, 7) is 3.48. The SMILES string of the molecule is CCc1ccc(Cn2nccc2NC(=O)C2CCN(S(C)(=O)=O)CC2)cc1. The Balaban J connectivity index is 1.60. The molecule has 1 aromatic carbocycles. The Morgan fingerprint density at radius 3 is 2.37 bits per heavy atom. The third-order valence-corrected chi connectivity index (χ3v) is 6.33. The molecule has 1 fully saturated rings. The summed E-state index contributed by atoms with van der Waals surface area (Å²) in [4.78, 5) is 12.6. The maximum atomic E-state index is 12.6. The van der Waals surface area contributed by atoms with Gasteiger partial charge in [-0.1, -0.05) is 31.2 Å². The largest absolute Gasteiger partial charge is 0.311 e. The number of anilines is 1. The van der Waals surface area contributed by atoms with E-state index in [-0.39, 0.29) is 11.8 Å². The summed E-state index contributed by atoms with van der Waals surface area (Å²) in [5, 5.41) is 7.26. The molecule has 1 amide bonds. The van der Waals surface area contributed by atoms with Crippen LogP contribution < -0.4 is 5.32 Å². The Hall–Kier alpha value is -2.19.